The van der Waals surface area contributed by atoms with Crippen LogP contribution in [0.2, 0.25) is 0 Å². The van der Waals surface area contributed by atoms with E-state index in [1.807, 2.05) is 0 Å². The SMILES string of the molecule is O=C(CCN1CCN2Cc3[nH]c4ccccc4c3CC2C1)c1ccc(F)cc1. The number of ketones is 1. The number of hydrogen-bond donors (Lipinski definition) is 1. The number of H-pyrrole nitrogens is 1. The van der Waals surface area contributed by atoms with Crippen LogP contribution in [0, 0.1) is 5.82 Å². The number of nitrogens with one attached hydrogen (secondary N) is 1. The second-order valence-electron chi connectivity index (χ2n) is 7.94. The Morgan fingerprint density at radius 3 is 2.79 bits per heavy atom. The van der Waals surface area contributed by atoms with Crippen LogP contribution in [-0.4, -0.2) is 52.8 Å². The summed E-state index contributed by atoms with van der Waals surface area (Å²) >= 11 is 0. The lowest BCUT2D eigenvalue weighted by molar-refractivity contribution is 0.0578. The zero-order valence-corrected chi connectivity index (χ0v) is 15.8. The number of aromatic amines is 1. The number of aromatic nitrogens is 1. The Morgan fingerprint density at radius 2 is 1.93 bits per heavy atom. The van der Waals surface area contributed by atoms with Crippen molar-refractivity contribution in [3.05, 3.63) is 71.2 Å². The molecule has 0 aliphatic carbocycles. The van der Waals surface area contributed by atoms with Crippen LogP contribution in [0.5, 0.6) is 0 Å². The van der Waals surface area contributed by atoms with Crippen molar-refractivity contribution >= 4 is 16.7 Å². The molecule has 3 aromatic rings. The van der Waals surface area contributed by atoms with E-state index in [-0.39, 0.29) is 11.6 Å². The molecule has 1 unspecified atom stereocenters. The maximum atomic E-state index is 13.0. The van der Waals surface area contributed by atoms with E-state index in [1.165, 1.54) is 34.3 Å². The molecule has 144 valence electrons. The summed E-state index contributed by atoms with van der Waals surface area (Å²) in [5.74, 6) is -0.216. The third-order valence-corrected chi connectivity index (χ3v) is 6.21. The molecule has 5 rings (SSSR count). The minimum atomic E-state index is -0.304. The standard InChI is InChI=1S/C23H24FN3O/c24-17-7-5-16(6-8-17)23(28)9-10-26-11-12-27-15-22-20(13-18(27)14-26)19-3-1-2-4-21(19)25-22/h1-8,18,25H,9-15H2. The number of carbonyl (C=O) groups excluding carboxylic acids is 1. The molecular formula is C23H24FN3O. The zero-order valence-electron chi connectivity index (χ0n) is 15.8. The van der Waals surface area contributed by atoms with Crippen LogP contribution in [-0.2, 0) is 13.0 Å². The van der Waals surface area contributed by atoms with Crippen LogP contribution < -0.4 is 0 Å². The van der Waals surface area contributed by atoms with Gasteiger partial charge < -0.3 is 9.88 Å². The first-order valence-electron chi connectivity index (χ1n) is 10.0. The minimum absolute atomic E-state index is 0.0880. The largest absolute Gasteiger partial charge is 0.357 e. The lowest BCUT2D eigenvalue weighted by atomic mass is 9.94. The highest BCUT2D eigenvalue weighted by Gasteiger charge is 2.33. The van der Waals surface area contributed by atoms with Crippen LogP contribution in [0.4, 0.5) is 4.39 Å². The van der Waals surface area contributed by atoms with E-state index in [9.17, 15) is 9.18 Å². The highest BCUT2D eigenvalue weighted by atomic mass is 19.1. The Labute approximate surface area is 163 Å². The second-order valence-corrected chi connectivity index (χ2v) is 7.94. The number of rotatable bonds is 4. The first kappa shape index (κ1) is 17.6. The van der Waals surface area contributed by atoms with Gasteiger partial charge in [-0.25, -0.2) is 4.39 Å². The molecule has 0 amide bonds. The molecule has 0 radical (unpaired) electrons. The average molecular weight is 377 g/mol. The van der Waals surface area contributed by atoms with Crippen molar-refractivity contribution in [3.8, 4) is 0 Å². The van der Waals surface area contributed by atoms with Gasteiger partial charge in [0, 0.05) is 67.3 Å². The normalized spacial score (nSPS) is 20.1. The molecule has 0 bridgehead atoms. The molecule has 2 aliphatic heterocycles. The number of hydrogen-bond acceptors (Lipinski definition) is 3. The number of para-hydroxylation sites is 1. The van der Waals surface area contributed by atoms with Crippen molar-refractivity contribution < 1.29 is 9.18 Å². The summed E-state index contributed by atoms with van der Waals surface area (Å²) in [7, 11) is 0. The monoisotopic (exact) mass is 377 g/mol. The fourth-order valence-electron chi connectivity index (χ4n) is 4.66. The van der Waals surface area contributed by atoms with Crippen molar-refractivity contribution in [1.29, 1.82) is 0 Å². The number of carbonyl (C=O) groups is 1. The first-order valence-corrected chi connectivity index (χ1v) is 10.0. The third kappa shape index (κ3) is 3.25. The van der Waals surface area contributed by atoms with Crippen LogP contribution in [0.3, 0.4) is 0 Å². The predicted octanol–water partition coefficient (Wildman–Crippen LogP) is 3.62. The highest BCUT2D eigenvalue weighted by molar-refractivity contribution is 5.96. The minimum Gasteiger partial charge on any atom is -0.357 e. The van der Waals surface area contributed by atoms with Gasteiger partial charge in [-0.15, -0.1) is 0 Å². The molecule has 0 spiro atoms. The maximum Gasteiger partial charge on any atom is 0.164 e. The third-order valence-electron chi connectivity index (χ3n) is 6.21. The summed E-state index contributed by atoms with van der Waals surface area (Å²) in [5, 5.41) is 1.35. The zero-order chi connectivity index (χ0) is 19.1. The lowest BCUT2D eigenvalue weighted by Gasteiger charge is -2.44. The Morgan fingerprint density at radius 1 is 1.11 bits per heavy atom. The molecular weight excluding hydrogens is 353 g/mol. The quantitative estimate of drug-likeness (QED) is 0.706. The molecule has 1 N–H and O–H groups in total. The van der Waals surface area contributed by atoms with E-state index in [1.54, 1.807) is 12.1 Å². The molecule has 0 saturated carbocycles. The van der Waals surface area contributed by atoms with E-state index >= 15 is 0 Å². The van der Waals surface area contributed by atoms with E-state index in [4.69, 9.17) is 0 Å². The van der Waals surface area contributed by atoms with Gasteiger partial charge in [0.2, 0.25) is 0 Å². The second kappa shape index (κ2) is 7.15. The van der Waals surface area contributed by atoms with Gasteiger partial charge in [0.05, 0.1) is 0 Å². The molecule has 2 aliphatic rings. The van der Waals surface area contributed by atoms with Crippen molar-refractivity contribution in [2.75, 3.05) is 26.2 Å². The van der Waals surface area contributed by atoms with E-state index in [2.05, 4.69) is 39.0 Å². The fraction of sp³-hybridized carbons (Fsp3) is 0.348. The molecule has 5 heteroatoms. The van der Waals surface area contributed by atoms with Gasteiger partial charge in [-0.2, -0.15) is 0 Å². The van der Waals surface area contributed by atoms with E-state index in [0.29, 0.717) is 18.0 Å². The van der Waals surface area contributed by atoms with E-state index < -0.39 is 0 Å². The summed E-state index contributed by atoms with van der Waals surface area (Å²) in [5.41, 5.74) is 4.65. The molecule has 4 nitrogen and oxygen atoms in total. The van der Waals surface area contributed by atoms with Crippen molar-refractivity contribution in [2.45, 2.75) is 25.4 Å². The van der Waals surface area contributed by atoms with Crippen LogP contribution >= 0.6 is 0 Å². The van der Waals surface area contributed by atoms with Crippen molar-refractivity contribution in [2.24, 2.45) is 0 Å². The summed E-state index contributed by atoms with van der Waals surface area (Å²) in [4.78, 5) is 21.0. The lowest BCUT2D eigenvalue weighted by Crippen LogP contribution is -2.55. The highest BCUT2D eigenvalue weighted by Crippen LogP contribution is 2.31. The first-order chi connectivity index (χ1) is 13.7. The smallest absolute Gasteiger partial charge is 0.164 e. The van der Waals surface area contributed by atoms with Gasteiger partial charge in [0.1, 0.15) is 5.82 Å². The van der Waals surface area contributed by atoms with E-state index in [0.717, 1.165) is 39.1 Å². The number of piperazine rings is 1. The Hall–Kier alpha value is -2.50. The van der Waals surface area contributed by atoms with Gasteiger partial charge in [0.25, 0.3) is 0 Å². The molecule has 1 aromatic heterocycles. The summed E-state index contributed by atoms with van der Waals surface area (Å²) < 4.78 is 13.0. The van der Waals surface area contributed by atoms with Gasteiger partial charge in [-0.1, -0.05) is 18.2 Å². The fourth-order valence-corrected chi connectivity index (χ4v) is 4.66. The average Bonchev–Trinajstić information content (AvgIpc) is 3.08. The van der Waals surface area contributed by atoms with Crippen molar-refractivity contribution in [3.63, 3.8) is 0 Å². The molecule has 28 heavy (non-hydrogen) atoms. The van der Waals surface area contributed by atoms with Crippen LogP contribution in [0.25, 0.3) is 10.9 Å². The Bertz CT molecular complexity index is 1010. The number of fused-ring (bicyclic) bond motifs is 4. The Balaban J connectivity index is 1.24. The molecule has 2 aromatic carbocycles. The molecule has 1 atom stereocenters. The molecule has 1 saturated heterocycles. The van der Waals surface area contributed by atoms with Crippen molar-refractivity contribution in [1.82, 2.24) is 14.8 Å². The van der Waals surface area contributed by atoms with Crippen LogP contribution in [0.15, 0.2) is 48.5 Å². The predicted molar refractivity (Wildman–Crippen MR) is 108 cm³/mol. The number of halogens is 1. The summed E-state index contributed by atoms with van der Waals surface area (Å²) in [6, 6.07) is 14.9. The van der Waals surface area contributed by atoms with Gasteiger partial charge in [-0.3, -0.25) is 9.69 Å². The molecule has 1 fully saturated rings. The van der Waals surface area contributed by atoms with Gasteiger partial charge >= 0.3 is 0 Å². The molecule has 3 heterocycles. The van der Waals surface area contributed by atoms with Crippen LogP contribution in [0.1, 0.15) is 28.0 Å². The number of Topliss-reactive ketones (excluding diaryl/α,β-unsaturated/α-hetero) is 1. The number of benzene rings is 2. The van der Waals surface area contributed by atoms with Gasteiger partial charge in [0.15, 0.2) is 5.78 Å². The maximum absolute atomic E-state index is 13.0. The summed E-state index contributed by atoms with van der Waals surface area (Å²) in [6.07, 6.45) is 1.54. The topological polar surface area (TPSA) is 39.3 Å². The van der Waals surface area contributed by atoms with Gasteiger partial charge in [-0.05, 0) is 42.3 Å². The Kier molecular flexibility index (Phi) is 4.49. The summed E-state index contributed by atoms with van der Waals surface area (Å²) in [6.45, 7) is 4.76. The number of nitrogens with zero attached hydrogens (tertiary/aromatic N) is 2.